The molecule has 4 N–H and O–H groups in total. The molecule has 1 heterocycles. The highest BCUT2D eigenvalue weighted by Crippen LogP contribution is 2.26. The molecule has 1 rings (SSSR count). The minimum Gasteiger partial charge on any atom is -0.473 e. The smallest absolute Gasteiger partial charge is 0.242 e. The van der Waals surface area contributed by atoms with Gasteiger partial charge in [-0.2, -0.15) is 4.98 Å². The number of anilines is 2. The second-order valence-electron chi connectivity index (χ2n) is 4.79. The molecule has 0 spiro atoms. The van der Waals surface area contributed by atoms with E-state index in [2.05, 4.69) is 15.3 Å². The van der Waals surface area contributed by atoms with Crippen LogP contribution in [0.2, 0.25) is 0 Å². The first kappa shape index (κ1) is 14.5. The summed E-state index contributed by atoms with van der Waals surface area (Å²) < 4.78 is 5.48. The minimum atomic E-state index is -0.103. The minimum absolute atomic E-state index is 0.00575. The number of ether oxygens (including phenoxy) is 1. The van der Waals surface area contributed by atoms with Crippen LogP contribution in [0, 0.1) is 5.92 Å². The number of aromatic nitrogens is 2. The van der Waals surface area contributed by atoms with Crippen molar-refractivity contribution in [3.63, 3.8) is 0 Å². The normalized spacial score (nSPS) is 12.8. The summed E-state index contributed by atoms with van der Waals surface area (Å²) in [6.45, 7) is 7.84. The summed E-state index contributed by atoms with van der Waals surface area (Å²) >= 11 is 0. The lowest BCUT2D eigenvalue weighted by atomic mass is 10.1. The van der Waals surface area contributed by atoms with Crippen LogP contribution in [0.4, 0.5) is 11.5 Å². The zero-order valence-electron chi connectivity index (χ0n) is 11.3. The fourth-order valence-corrected chi connectivity index (χ4v) is 1.41. The summed E-state index contributed by atoms with van der Waals surface area (Å²) in [5, 5.41) is 12.4. The molecular formula is C12H22N4O2. The second-order valence-corrected chi connectivity index (χ2v) is 4.79. The van der Waals surface area contributed by atoms with E-state index < -0.39 is 0 Å². The van der Waals surface area contributed by atoms with Crippen LogP contribution in [0.1, 0.15) is 27.7 Å². The zero-order valence-corrected chi connectivity index (χ0v) is 11.3. The first-order chi connectivity index (χ1) is 8.45. The molecule has 18 heavy (non-hydrogen) atoms. The molecule has 0 aliphatic carbocycles. The van der Waals surface area contributed by atoms with Gasteiger partial charge in [-0.15, -0.1) is 0 Å². The molecule has 1 unspecified atom stereocenters. The standard InChI is InChI=1S/C12H22N4O2/c1-7(2)9(5-17)16-11-10(13)12(15-6-14-11)18-8(3)4/h6-9,17H,5,13H2,1-4H3,(H,14,15,16). The molecule has 0 radical (unpaired) electrons. The average Bonchev–Trinajstić information content (AvgIpc) is 2.29. The number of nitrogens with one attached hydrogen (secondary N) is 1. The van der Waals surface area contributed by atoms with Crippen molar-refractivity contribution in [1.29, 1.82) is 0 Å². The molecule has 0 aliphatic rings. The largest absolute Gasteiger partial charge is 0.473 e. The highest BCUT2D eigenvalue weighted by Gasteiger charge is 2.16. The van der Waals surface area contributed by atoms with Crippen LogP contribution in [-0.4, -0.2) is 33.8 Å². The number of rotatable bonds is 6. The van der Waals surface area contributed by atoms with Crippen LogP contribution in [0.15, 0.2) is 6.33 Å². The first-order valence-electron chi connectivity index (χ1n) is 6.10. The van der Waals surface area contributed by atoms with Crippen molar-refractivity contribution in [2.24, 2.45) is 5.92 Å². The van der Waals surface area contributed by atoms with Crippen LogP contribution < -0.4 is 15.8 Å². The number of nitrogens with zero attached hydrogens (tertiary/aromatic N) is 2. The molecule has 0 saturated carbocycles. The van der Waals surface area contributed by atoms with Crippen LogP contribution in [0.3, 0.4) is 0 Å². The fourth-order valence-electron chi connectivity index (χ4n) is 1.41. The lowest BCUT2D eigenvalue weighted by Crippen LogP contribution is -2.30. The SMILES string of the molecule is CC(C)Oc1ncnc(NC(CO)C(C)C)c1N. The molecule has 6 heteroatoms. The Labute approximate surface area is 108 Å². The third-order valence-corrected chi connectivity index (χ3v) is 2.52. The summed E-state index contributed by atoms with van der Waals surface area (Å²) in [4.78, 5) is 8.07. The zero-order chi connectivity index (χ0) is 13.7. The predicted molar refractivity (Wildman–Crippen MR) is 71.5 cm³/mol. The Hall–Kier alpha value is -1.56. The molecular weight excluding hydrogens is 232 g/mol. The van der Waals surface area contributed by atoms with Gasteiger partial charge in [-0.05, 0) is 19.8 Å². The van der Waals surface area contributed by atoms with E-state index in [1.807, 2.05) is 27.7 Å². The Morgan fingerprint density at radius 1 is 1.33 bits per heavy atom. The molecule has 1 atom stereocenters. The first-order valence-corrected chi connectivity index (χ1v) is 6.10. The topological polar surface area (TPSA) is 93.3 Å². The Kier molecular flexibility index (Phi) is 5.15. The van der Waals surface area contributed by atoms with Gasteiger partial charge in [0.1, 0.15) is 12.0 Å². The second kappa shape index (κ2) is 6.39. The van der Waals surface area contributed by atoms with Crippen LogP contribution in [0.5, 0.6) is 5.88 Å². The van der Waals surface area contributed by atoms with Gasteiger partial charge >= 0.3 is 0 Å². The van der Waals surface area contributed by atoms with Gasteiger partial charge in [-0.25, -0.2) is 4.98 Å². The molecule has 0 amide bonds. The van der Waals surface area contributed by atoms with E-state index in [9.17, 15) is 5.11 Å². The van der Waals surface area contributed by atoms with Crippen molar-refractivity contribution in [1.82, 2.24) is 9.97 Å². The van der Waals surface area contributed by atoms with E-state index >= 15 is 0 Å². The lowest BCUT2D eigenvalue weighted by Gasteiger charge is -2.22. The van der Waals surface area contributed by atoms with Crippen LogP contribution in [0.25, 0.3) is 0 Å². The average molecular weight is 254 g/mol. The van der Waals surface area contributed by atoms with Crippen molar-refractivity contribution in [3.05, 3.63) is 6.33 Å². The maximum Gasteiger partial charge on any atom is 0.242 e. The van der Waals surface area contributed by atoms with Crippen molar-refractivity contribution >= 4 is 11.5 Å². The Balaban J connectivity index is 2.89. The van der Waals surface area contributed by atoms with E-state index in [0.29, 0.717) is 17.4 Å². The highest BCUT2D eigenvalue weighted by molar-refractivity contribution is 5.66. The van der Waals surface area contributed by atoms with Gasteiger partial charge in [-0.1, -0.05) is 13.8 Å². The molecule has 6 nitrogen and oxygen atoms in total. The maximum atomic E-state index is 9.29. The molecule has 1 aromatic heterocycles. The molecule has 102 valence electrons. The summed E-state index contributed by atoms with van der Waals surface area (Å²) in [5.41, 5.74) is 6.31. The van der Waals surface area contributed by atoms with E-state index in [1.54, 1.807) is 0 Å². The molecule has 0 aromatic carbocycles. The van der Waals surface area contributed by atoms with Gasteiger partial charge in [0.05, 0.1) is 18.8 Å². The van der Waals surface area contributed by atoms with E-state index in [4.69, 9.17) is 10.5 Å². The van der Waals surface area contributed by atoms with Gasteiger partial charge in [0.2, 0.25) is 5.88 Å². The third-order valence-electron chi connectivity index (χ3n) is 2.52. The highest BCUT2D eigenvalue weighted by atomic mass is 16.5. The Morgan fingerprint density at radius 2 is 2.00 bits per heavy atom. The van der Waals surface area contributed by atoms with Crippen molar-refractivity contribution < 1.29 is 9.84 Å². The van der Waals surface area contributed by atoms with Gasteiger partial charge in [0.25, 0.3) is 0 Å². The summed E-state index contributed by atoms with van der Waals surface area (Å²) in [6.07, 6.45) is 1.39. The van der Waals surface area contributed by atoms with Gasteiger partial charge in [0.15, 0.2) is 5.82 Å². The molecule has 1 aromatic rings. The molecule has 0 aliphatic heterocycles. The van der Waals surface area contributed by atoms with Crippen molar-refractivity contribution in [2.45, 2.75) is 39.8 Å². The molecule has 0 bridgehead atoms. The summed E-state index contributed by atoms with van der Waals surface area (Å²) in [6, 6.07) is -0.103. The maximum absolute atomic E-state index is 9.29. The number of hydrogen-bond donors (Lipinski definition) is 3. The van der Waals surface area contributed by atoms with Crippen LogP contribution >= 0.6 is 0 Å². The van der Waals surface area contributed by atoms with Gasteiger partial charge in [-0.3, -0.25) is 0 Å². The number of hydrogen-bond acceptors (Lipinski definition) is 6. The van der Waals surface area contributed by atoms with Crippen molar-refractivity contribution in [2.75, 3.05) is 17.7 Å². The van der Waals surface area contributed by atoms with Gasteiger partial charge < -0.3 is 20.9 Å². The Morgan fingerprint density at radius 3 is 2.50 bits per heavy atom. The predicted octanol–water partition coefficient (Wildman–Crippen LogP) is 1.27. The molecule has 0 saturated heterocycles. The number of nitrogen functional groups attached to an aromatic ring is 1. The van der Waals surface area contributed by atoms with Crippen LogP contribution in [-0.2, 0) is 0 Å². The fraction of sp³-hybridized carbons (Fsp3) is 0.667. The van der Waals surface area contributed by atoms with E-state index in [1.165, 1.54) is 6.33 Å². The van der Waals surface area contributed by atoms with E-state index in [0.717, 1.165) is 0 Å². The lowest BCUT2D eigenvalue weighted by molar-refractivity contribution is 0.233. The number of aliphatic hydroxyl groups is 1. The Bertz CT molecular complexity index is 382. The third kappa shape index (κ3) is 3.73. The summed E-state index contributed by atoms with van der Waals surface area (Å²) in [7, 11) is 0. The summed E-state index contributed by atoms with van der Waals surface area (Å²) in [5.74, 6) is 1.12. The quantitative estimate of drug-likeness (QED) is 0.708. The number of aliphatic hydroxyl groups excluding tert-OH is 1. The number of nitrogens with two attached hydrogens (primary N) is 1. The van der Waals surface area contributed by atoms with E-state index in [-0.39, 0.29) is 24.7 Å². The van der Waals surface area contributed by atoms with Gasteiger partial charge in [0, 0.05) is 0 Å². The monoisotopic (exact) mass is 254 g/mol. The molecule has 0 fully saturated rings. The van der Waals surface area contributed by atoms with Crippen molar-refractivity contribution in [3.8, 4) is 5.88 Å².